The van der Waals surface area contributed by atoms with E-state index in [-0.39, 0.29) is 18.3 Å². The maximum absolute atomic E-state index is 12.6. The van der Waals surface area contributed by atoms with E-state index in [0.717, 1.165) is 31.2 Å². The molecule has 3 rings (SSSR count). The first-order valence-electron chi connectivity index (χ1n) is 8.80. The summed E-state index contributed by atoms with van der Waals surface area (Å²) in [5.41, 5.74) is 0.796. The van der Waals surface area contributed by atoms with E-state index < -0.39 is 18.0 Å². The molecule has 3 unspecified atom stereocenters. The predicted octanol–water partition coefficient (Wildman–Crippen LogP) is 2.03. The fourth-order valence-corrected chi connectivity index (χ4v) is 3.92. The van der Waals surface area contributed by atoms with Crippen molar-refractivity contribution in [1.29, 1.82) is 0 Å². The van der Waals surface area contributed by atoms with Gasteiger partial charge in [-0.2, -0.15) is 0 Å². The number of benzene rings is 1. The average Bonchev–Trinajstić information content (AvgIpc) is 2.78. The molecule has 0 saturated carbocycles. The lowest BCUT2D eigenvalue weighted by molar-refractivity contribution is -0.172. The minimum atomic E-state index is -0.959. The van der Waals surface area contributed by atoms with E-state index in [2.05, 4.69) is 11.9 Å². The molecule has 0 spiro atoms. The molecule has 136 valence electrons. The van der Waals surface area contributed by atoms with Gasteiger partial charge in [0.2, 0.25) is 6.10 Å². The molecule has 0 amide bonds. The van der Waals surface area contributed by atoms with Gasteiger partial charge < -0.3 is 19.5 Å². The smallest absolute Gasteiger partial charge is 0.348 e. The molecule has 6 heteroatoms. The summed E-state index contributed by atoms with van der Waals surface area (Å²) in [4.78, 5) is 26.3. The van der Waals surface area contributed by atoms with E-state index in [1.807, 2.05) is 0 Å². The third kappa shape index (κ3) is 4.31. The van der Waals surface area contributed by atoms with Gasteiger partial charge in [0.1, 0.15) is 11.9 Å². The average molecular weight is 347 g/mol. The van der Waals surface area contributed by atoms with Gasteiger partial charge in [0, 0.05) is 25.4 Å². The minimum absolute atomic E-state index is 0.112. The van der Waals surface area contributed by atoms with Crippen molar-refractivity contribution >= 4 is 11.9 Å². The van der Waals surface area contributed by atoms with Crippen LogP contribution in [0.5, 0.6) is 5.75 Å². The third-order valence-corrected chi connectivity index (χ3v) is 5.27. The number of hydrogen-bond acceptors (Lipinski definition) is 6. The molecule has 1 aromatic carbocycles. The molecule has 3 atom stereocenters. The normalized spacial score (nSPS) is 26.9. The molecule has 25 heavy (non-hydrogen) atoms. The Balaban J connectivity index is 1.63. The summed E-state index contributed by atoms with van der Waals surface area (Å²) >= 11 is 0. The van der Waals surface area contributed by atoms with Crippen molar-refractivity contribution in [1.82, 2.24) is 4.90 Å². The SMILES string of the molecule is CC(=O)OC(Cc1ccc(O)cc1)C(=O)OC1CC2CCC(C1)N2C. The first-order chi connectivity index (χ1) is 11.9. The molecule has 2 fully saturated rings. The zero-order chi connectivity index (χ0) is 18.0. The quantitative estimate of drug-likeness (QED) is 0.822. The van der Waals surface area contributed by atoms with Crippen molar-refractivity contribution in [2.75, 3.05) is 7.05 Å². The molecule has 0 aromatic heterocycles. The lowest BCUT2D eigenvalue weighted by Crippen LogP contribution is -2.44. The molecule has 6 nitrogen and oxygen atoms in total. The van der Waals surface area contributed by atoms with Gasteiger partial charge in [-0.1, -0.05) is 12.1 Å². The van der Waals surface area contributed by atoms with Gasteiger partial charge in [0.05, 0.1) is 0 Å². The molecule has 0 aliphatic carbocycles. The second-order valence-electron chi connectivity index (χ2n) is 7.05. The van der Waals surface area contributed by atoms with Crippen molar-refractivity contribution in [3.8, 4) is 5.75 Å². The molecule has 0 radical (unpaired) electrons. The van der Waals surface area contributed by atoms with Gasteiger partial charge in [-0.25, -0.2) is 4.79 Å². The van der Waals surface area contributed by atoms with E-state index >= 15 is 0 Å². The first-order valence-corrected chi connectivity index (χ1v) is 8.80. The summed E-state index contributed by atoms with van der Waals surface area (Å²) in [5.74, 6) is -0.849. The number of carbonyl (C=O) groups is 2. The highest BCUT2D eigenvalue weighted by atomic mass is 16.6. The highest BCUT2D eigenvalue weighted by Crippen LogP contribution is 2.35. The van der Waals surface area contributed by atoms with Crippen molar-refractivity contribution in [2.24, 2.45) is 0 Å². The second-order valence-corrected chi connectivity index (χ2v) is 7.05. The fraction of sp³-hybridized carbons (Fsp3) is 0.579. The highest BCUT2D eigenvalue weighted by Gasteiger charge is 2.40. The number of esters is 2. The molecule has 2 saturated heterocycles. The number of fused-ring (bicyclic) bond motifs is 2. The highest BCUT2D eigenvalue weighted by molar-refractivity contribution is 5.79. The Morgan fingerprint density at radius 1 is 1.20 bits per heavy atom. The van der Waals surface area contributed by atoms with Gasteiger partial charge >= 0.3 is 11.9 Å². The summed E-state index contributed by atoms with van der Waals surface area (Å²) in [6, 6.07) is 7.44. The molecule has 2 bridgehead atoms. The van der Waals surface area contributed by atoms with Gasteiger partial charge in [-0.05, 0) is 50.4 Å². The van der Waals surface area contributed by atoms with Crippen LogP contribution < -0.4 is 0 Å². The molecule has 1 aromatic rings. The number of ether oxygens (including phenoxy) is 2. The van der Waals surface area contributed by atoms with Crippen LogP contribution in [0.15, 0.2) is 24.3 Å². The Morgan fingerprint density at radius 3 is 2.36 bits per heavy atom. The van der Waals surface area contributed by atoms with Crippen LogP contribution in [0.2, 0.25) is 0 Å². The van der Waals surface area contributed by atoms with Crippen LogP contribution >= 0.6 is 0 Å². The third-order valence-electron chi connectivity index (χ3n) is 5.27. The first kappa shape index (κ1) is 17.7. The van der Waals surface area contributed by atoms with E-state index in [0.29, 0.717) is 12.1 Å². The van der Waals surface area contributed by atoms with Crippen LogP contribution in [-0.4, -0.2) is 53.3 Å². The van der Waals surface area contributed by atoms with Crippen LogP contribution in [0.25, 0.3) is 0 Å². The topological polar surface area (TPSA) is 76.1 Å². The van der Waals surface area contributed by atoms with Crippen molar-refractivity contribution < 1.29 is 24.2 Å². The number of phenolic OH excluding ortho intramolecular Hbond substituents is 1. The van der Waals surface area contributed by atoms with Crippen molar-refractivity contribution in [3.63, 3.8) is 0 Å². The van der Waals surface area contributed by atoms with E-state index in [9.17, 15) is 14.7 Å². The number of nitrogens with zero attached hydrogens (tertiary/aromatic N) is 1. The van der Waals surface area contributed by atoms with E-state index in [4.69, 9.17) is 9.47 Å². The number of aromatic hydroxyl groups is 1. The van der Waals surface area contributed by atoms with Gasteiger partial charge in [-0.3, -0.25) is 4.79 Å². The molecule has 2 aliphatic rings. The Kier molecular flexibility index (Phi) is 5.27. The molecule has 2 heterocycles. The fourth-order valence-electron chi connectivity index (χ4n) is 3.92. The maximum Gasteiger partial charge on any atom is 0.348 e. The Morgan fingerprint density at radius 2 is 1.80 bits per heavy atom. The molecular formula is C19H25NO5. The standard InChI is InChI=1S/C19H25NO5/c1-12(21)24-18(9-13-3-7-16(22)8-4-13)19(23)25-17-10-14-5-6-15(11-17)20(14)2/h3-4,7-8,14-15,17-18,22H,5-6,9-11H2,1-2H3. The van der Waals surface area contributed by atoms with E-state index in [1.54, 1.807) is 24.3 Å². The lowest BCUT2D eigenvalue weighted by Gasteiger charge is -2.36. The van der Waals surface area contributed by atoms with Crippen LogP contribution in [0, 0.1) is 0 Å². The molecular weight excluding hydrogens is 322 g/mol. The van der Waals surface area contributed by atoms with Crippen molar-refractivity contribution in [2.45, 2.75) is 63.3 Å². The number of rotatable bonds is 5. The maximum atomic E-state index is 12.6. The van der Waals surface area contributed by atoms with Gasteiger partial charge in [0.15, 0.2) is 0 Å². The summed E-state index contributed by atoms with van der Waals surface area (Å²) in [7, 11) is 2.13. The number of piperidine rings is 1. The predicted molar refractivity (Wildman–Crippen MR) is 91.1 cm³/mol. The van der Waals surface area contributed by atoms with Crippen LogP contribution in [0.3, 0.4) is 0 Å². The number of phenols is 1. The summed E-state index contributed by atoms with van der Waals surface area (Å²) in [6.07, 6.45) is 3.14. The van der Waals surface area contributed by atoms with Gasteiger partial charge in [-0.15, -0.1) is 0 Å². The Bertz CT molecular complexity index is 615. The molecule has 2 aliphatic heterocycles. The van der Waals surface area contributed by atoms with E-state index in [1.165, 1.54) is 6.92 Å². The minimum Gasteiger partial charge on any atom is -0.508 e. The summed E-state index contributed by atoms with van der Waals surface area (Å²) in [6.45, 7) is 1.28. The zero-order valence-corrected chi connectivity index (χ0v) is 14.7. The monoisotopic (exact) mass is 347 g/mol. The Hall–Kier alpha value is -2.08. The largest absolute Gasteiger partial charge is 0.508 e. The van der Waals surface area contributed by atoms with Crippen LogP contribution in [0.4, 0.5) is 0 Å². The summed E-state index contributed by atoms with van der Waals surface area (Å²) in [5, 5.41) is 9.36. The van der Waals surface area contributed by atoms with Crippen molar-refractivity contribution in [3.05, 3.63) is 29.8 Å². The zero-order valence-electron chi connectivity index (χ0n) is 14.7. The van der Waals surface area contributed by atoms with Crippen LogP contribution in [-0.2, 0) is 25.5 Å². The number of hydrogen-bond donors (Lipinski definition) is 1. The summed E-state index contributed by atoms with van der Waals surface area (Å²) < 4.78 is 10.9. The lowest BCUT2D eigenvalue weighted by atomic mass is 10.0. The van der Waals surface area contributed by atoms with Gasteiger partial charge in [0.25, 0.3) is 0 Å². The molecule has 1 N–H and O–H groups in total. The number of carbonyl (C=O) groups excluding carboxylic acids is 2. The second kappa shape index (κ2) is 7.44. The Labute approximate surface area is 147 Å². The van der Waals surface area contributed by atoms with Crippen LogP contribution in [0.1, 0.15) is 38.2 Å².